The lowest BCUT2D eigenvalue weighted by Gasteiger charge is -2.07. The van der Waals surface area contributed by atoms with Gasteiger partial charge in [-0.2, -0.15) is 0 Å². The molecule has 0 spiro atoms. The Morgan fingerprint density at radius 3 is 2.93 bits per heavy atom. The Morgan fingerprint density at radius 2 is 2.21 bits per heavy atom. The molecule has 3 N–H and O–H groups in total. The number of aromatic hydroxyl groups is 1. The number of benzene rings is 1. The van der Waals surface area contributed by atoms with Crippen molar-refractivity contribution in [3.8, 4) is 5.88 Å². The van der Waals surface area contributed by atoms with Crippen LogP contribution < -0.4 is 4.72 Å². The van der Waals surface area contributed by atoms with Crippen LogP contribution in [0.1, 0.15) is 0 Å². The third-order valence-corrected chi connectivity index (χ3v) is 2.21. The zero-order valence-electron chi connectivity index (χ0n) is 6.98. The highest BCUT2D eigenvalue weighted by Gasteiger charge is 1.99. The maximum atomic E-state index is 10.3. The number of H-pyrrole nitrogens is 1. The molecule has 1 unspecified atom stereocenters. The number of hydrogen-bond acceptors (Lipinski definition) is 3. The van der Waals surface area contributed by atoms with Crippen LogP contribution in [0.3, 0.4) is 0 Å². The molecule has 74 valence electrons. The van der Waals surface area contributed by atoms with E-state index in [4.69, 9.17) is 5.11 Å². The first-order valence-corrected chi connectivity index (χ1v) is 4.90. The average Bonchev–Trinajstić information content (AvgIpc) is 2.42. The fraction of sp³-hybridized carbons (Fsp3) is 0. The summed E-state index contributed by atoms with van der Waals surface area (Å²) in [6, 6.07) is 6.44. The van der Waals surface area contributed by atoms with Crippen molar-refractivity contribution in [3.05, 3.63) is 24.3 Å². The highest BCUT2D eigenvalue weighted by Crippen LogP contribution is 2.22. The minimum absolute atomic E-state index is 0.0559. The maximum Gasteiger partial charge on any atom is 0.189 e. The highest BCUT2D eigenvalue weighted by molar-refractivity contribution is 7.80. The molecule has 5 nitrogen and oxygen atoms in total. The Morgan fingerprint density at radius 1 is 1.43 bits per heavy atom. The Kier molecular flexibility index (Phi) is 2.14. The lowest BCUT2D eigenvalue weighted by atomic mass is 10.2. The topological polar surface area (TPSA) is 88.2 Å². The first-order chi connectivity index (χ1) is 6.65. The molecule has 2 rings (SSSR count). The average molecular weight is 211 g/mol. The van der Waals surface area contributed by atoms with E-state index in [1.54, 1.807) is 18.2 Å². The van der Waals surface area contributed by atoms with E-state index in [1.165, 1.54) is 6.07 Å². The van der Waals surface area contributed by atoms with E-state index in [0.717, 1.165) is 10.9 Å². The number of anilines is 1. The molecule has 0 bridgehead atoms. The Balaban J connectivity index is 2.45. The summed E-state index contributed by atoms with van der Waals surface area (Å²) in [7, 11) is 0. The molecule has 1 heterocycles. The van der Waals surface area contributed by atoms with Crippen LogP contribution in [0, 0.1) is 0 Å². The molecule has 0 aliphatic carbocycles. The van der Waals surface area contributed by atoms with E-state index in [-0.39, 0.29) is 5.88 Å². The van der Waals surface area contributed by atoms with Gasteiger partial charge in [-0.1, -0.05) is 0 Å². The van der Waals surface area contributed by atoms with Crippen molar-refractivity contribution in [2.75, 3.05) is 4.72 Å². The fourth-order valence-electron chi connectivity index (χ4n) is 1.28. The number of aromatic amines is 1. The molecule has 1 atom stereocenters. The van der Waals surface area contributed by atoms with Crippen molar-refractivity contribution in [2.45, 2.75) is 0 Å². The lowest BCUT2D eigenvalue weighted by Crippen LogP contribution is -2.01. The van der Waals surface area contributed by atoms with E-state index in [9.17, 15) is 8.76 Å². The molecule has 14 heavy (non-hydrogen) atoms. The van der Waals surface area contributed by atoms with Gasteiger partial charge in [0.25, 0.3) is 0 Å². The van der Waals surface area contributed by atoms with Crippen molar-refractivity contribution >= 4 is 27.9 Å². The van der Waals surface area contributed by atoms with Gasteiger partial charge in [0.2, 0.25) is 0 Å². The molecule has 0 amide bonds. The van der Waals surface area contributed by atoms with E-state index in [2.05, 4.69) is 9.71 Å². The Hall–Kier alpha value is -1.53. The minimum atomic E-state index is -2.33. The van der Waals surface area contributed by atoms with Gasteiger partial charge in [0.15, 0.2) is 5.88 Å². The van der Waals surface area contributed by atoms with Crippen molar-refractivity contribution in [2.24, 2.45) is 0 Å². The Labute approximate surface area is 82.2 Å². The van der Waals surface area contributed by atoms with Crippen LogP contribution in [0.4, 0.5) is 5.69 Å². The summed E-state index contributed by atoms with van der Waals surface area (Å²) in [5, 5.41) is 9.88. The van der Waals surface area contributed by atoms with Crippen molar-refractivity contribution < 1.29 is 13.9 Å². The van der Waals surface area contributed by atoms with Crippen molar-refractivity contribution in [1.29, 1.82) is 0 Å². The normalized spacial score (nSPS) is 12.9. The van der Waals surface area contributed by atoms with Crippen LogP contribution in [0.15, 0.2) is 24.3 Å². The van der Waals surface area contributed by atoms with Gasteiger partial charge in [-0.25, -0.2) is 0 Å². The fourth-order valence-corrected chi connectivity index (χ4v) is 1.60. The standard InChI is InChI=1S/C8H8N2O3S/c11-8-4-5-3-6(10-14(12)13)1-2-7(5)9-8/h1-4,9-11H,(H,12,13)/p-1. The number of aromatic nitrogens is 1. The van der Waals surface area contributed by atoms with Crippen LogP contribution in [0.25, 0.3) is 10.9 Å². The highest BCUT2D eigenvalue weighted by atomic mass is 32.2. The largest absolute Gasteiger partial charge is 0.755 e. The Bertz CT molecular complexity index is 494. The second kappa shape index (κ2) is 3.32. The van der Waals surface area contributed by atoms with Crippen LogP contribution in [-0.4, -0.2) is 18.9 Å². The lowest BCUT2D eigenvalue weighted by molar-refractivity contribution is 0.458. The zero-order chi connectivity index (χ0) is 10.1. The van der Waals surface area contributed by atoms with E-state index in [1.807, 2.05) is 0 Å². The quantitative estimate of drug-likeness (QED) is 0.649. The van der Waals surface area contributed by atoms with Crippen molar-refractivity contribution in [1.82, 2.24) is 4.98 Å². The van der Waals surface area contributed by atoms with Gasteiger partial charge in [-0.3, -0.25) is 4.21 Å². The number of hydrogen-bond donors (Lipinski definition) is 3. The molecule has 0 radical (unpaired) electrons. The summed E-state index contributed by atoms with van der Waals surface area (Å²) in [5.74, 6) is 0.0559. The van der Waals surface area contributed by atoms with Gasteiger partial charge < -0.3 is 19.4 Å². The van der Waals surface area contributed by atoms with Gasteiger partial charge in [-0.15, -0.1) is 0 Å². The second-order valence-electron chi connectivity index (χ2n) is 2.79. The smallest absolute Gasteiger partial charge is 0.189 e. The predicted octanol–water partition coefficient (Wildman–Crippen LogP) is 1.08. The molecular weight excluding hydrogens is 204 g/mol. The minimum Gasteiger partial charge on any atom is -0.755 e. The summed E-state index contributed by atoms with van der Waals surface area (Å²) in [6.07, 6.45) is 0. The second-order valence-corrected chi connectivity index (χ2v) is 3.47. The third-order valence-electron chi connectivity index (χ3n) is 1.81. The van der Waals surface area contributed by atoms with Gasteiger partial charge in [-0.05, 0) is 18.2 Å². The van der Waals surface area contributed by atoms with Gasteiger partial charge in [0, 0.05) is 33.9 Å². The molecule has 0 aliphatic heterocycles. The number of fused-ring (bicyclic) bond motifs is 1. The number of nitrogens with one attached hydrogen (secondary N) is 2. The molecule has 0 saturated heterocycles. The monoisotopic (exact) mass is 211 g/mol. The molecular formula is C8H7N2O3S-. The van der Waals surface area contributed by atoms with Crippen LogP contribution >= 0.6 is 0 Å². The van der Waals surface area contributed by atoms with Crippen LogP contribution in [0.2, 0.25) is 0 Å². The van der Waals surface area contributed by atoms with Crippen LogP contribution in [0.5, 0.6) is 5.88 Å². The molecule has 1 aromatic carbocycles. The molecule has 6 heteroatoms. The van der Waals surface area contributed by atoms with E-state index >= 15 is 0 Å². The van der Waals surface area contributed by atoms with Gasteiger partial charge >= 0.3 is 0 Å². The summed E-state index contributed by atoms with van der Waals surface area (Å²) in [5.41, 5.74) is 1.22. The molecule has 0 fully saturated rings. The molecule has 0 saturated carbocycles. The van der Waals surface area contributed by atoms with Gasteiger partial charge in [0.1, 0.15) is 0 Å². The maximum absolute atomic E-state index is 10.3. The van der Waals surface area contributed by atoms with Gasteiger partial charge in [0.05, 0.1) is 0 Å². The molecule has 2 aromatic rings. The zero-order valence-corrected chi connectivity index (χ0v) is 7.80. The number of rotatable bonds is 2. The summed E-state index contributed by atoms with van der Waals surface area (Å²) >= 11 is -2.33. The summed E-state index contributed by atoms with van der Waals surface area (Å²) in [4.78, 5) is 2.71. The first-order valence-electron chi connectivity index (χ1n) is 3.83. The predicted molar refractivity (Wildman–Crippen MR) is 52.5 cm³/mol. The first kappa shape index (κ1) is 9.04. The summed E-state index contributed by atoms with van der Waals surface area (Å²) in [6.45, 7) is 0. The van der Waals surface area contributed by atoms with E-state index in [0.29, 0.717) is 5.69 Å². The third kappa shape index (κ3) is 1.70. The SMILES string of the molecule is O=S([O-])Nc1ccc2[nH]c(O)cc2c1. The molecule has 1 aromatic heterocycles. The van der Waals surface area contributed by atoms with E-state index < -0.39 is 11.3 Å². The van der Waals surface area contributed by atoms with Crippen molar-refractivity contribution in [3.63, 3.8) is 0 Å². The molecule has 0 aliphatic rings. The van der Waals surface area contributed by atoms with Crippen LogP contribution in [-0.2, 0) is 11.3 Å². The summed E-state index contributed by atoms with van der Waals surface area (Å²) < 4.78 is 22.9.